The average molecular weight is 265 g/mol. The number of hydrogen-bond acceptors (Lipinski definition) is 5. The van der Waals surface area contributed by atoms with E-state index in [1.165, 1.54) is 19.2 Å². The first-order valence-electron chi connectivity index (χ1n) is 6.08. The molecule has 102 valence electrons. The fourth-order valence-electron chi connectivity index (χ4n) is 1.73. The predicted octanol–water partition coefficient (Wildman–Crippen LogP) is 2.68. The molecule has 0 aliphatic heterocycles. The van der Waals surface area contributed by atoms with Gasteiger partial charge in [0.1, 0.15) is 11.6 Å². The van der Waals surface area contributed by atoms with Gasteiger partial charge in [-0.05, 0) is 18.6 Å². The lowest BCUT2D eigenvalue weighted by Gasteiger charge is -2.03. The monoisotopic (exact) mass is 265 g/mol. The molecule has 1 atom stereocenters. The van der Waals surface area contributed by atoms with Crippen LogP contribution in [0.15, 0.2) is 22.7 Å². The number of halogens is 1. The molecule has 1 aromatic carbocycles. The number of rotatable bonds is 5. The molecule has 0 bridgehead atoms. The lowest BCUT2D eigenvalue weighted by atomic mass is 10.1. The highest BCUT2D eigenvalue weighted by Crippen LogP contribution is 2.26. The van der Waals surface area contributed by atoms with Crippen LogP contribution in [0.2, 0.25) is 0 Å². The molecule has 1 aromatic heterocycles. The summed E-state index contributed by atoms with van der Waals surface area (Å²) in [7, 11) is 1.48. The maximum absolute atomic E-state index is 13.8. The molecule has 0 radical (unpaired) electrons. The summed E-state index contributed by atoms with van der Waals surface area (Å²) in [6.45, 7) is 2.02. The minimum Gasteiger partial charge on any atom is -0.497 e. The zero-order valence-corrected chi connectivity index (χ0v) is 10.9. The molecular weight excluding hydrogens is 249 g/mol. The molecule has 0 saturated heterocycles. The molecule has 0 aliphatic rings. The van der Waals surface area contributed by atoms with Gasteiger partial charge in [0.05, 0.1) is 18.7 Å². The molecule has 2 rings (SSSR count). The summed E-state index contributed by atoms with van der Waals surface area (Å²) in [6, 6.07) is 4.15. The number of methoxy groups -OCH3 is 1. The van der Waals surface area contributed by atoms with Gasteiger partial charge in [0.2, 0.25) is 0 Å². The first-order valence-corrected chi connectivity index (χ1v) is 6.08. The Labute approximate surface area is 110 Å². The van der Waals surface area contributed by atoms with Crippen LogP contribution >= 0.6 is 0 Å². The van der Waals surface area contributed by atoms with Crippen LogP contribution in [0.4, 0.5) is 4.39 Å². The summed E-state index contributed by atoms with van der Waals surface area (Å²) in [5, 5.41) is 3.79. The average Bonchev–Trinajstić information content (AvgIpc) is 2.88. The van der Waals surface area contributed by atoms with Gasteiger partial charge in [-0.3, -0.25) is 0 Å². The topological polar surface area (TPSA) is 74.2 Å². The second-order valence-electron chi connectivity index (χ2n) is 4.20. The second-order valence-corrected chi connectivity index (χ2v) is 4.20. The van der Waals surface area contributed by atoms with Crippen molar-refractivity contribution in [1.82, 2.24) is 10.1 Å². The van der Waals surface area contributed by atoms with Gasteiger partial charge in [-0.15, -0.1) is 0 Å². The minimum absolute atomic E-state index is 0.127. The van der Waals surface area contributed by atoms with E-state index >= 15 is 0 Å². The number of nitrogens with two attached hydrogens (primary N) is 1. The van der Waals surface area contributed by atoms with Crippen molar-refractivity contribution in [3.63, 3.8) is 0 Å². The van der Waals surface area contributed by atoms with E-state index < -0.39 is 5.82 Å². The maximum atomic E-state index is 13.8. The molecule has 0 amide bonds. The van der Waals surface area contributed by atoms with Gasteiger partial charge in [-0.1, -0.05) is 18.5 Å². The first-order chi connectivity index (χ1) is 9.15. The summed E-state index contributed by atoms with van der Waals surface area (Å²) in [5.41, 5.74) is 6.12. The largest absolute Gasteiger partial charge is 0.497 e. The normalized spacial score (nSPS) is 12.4. The summed E-state index contributed by atoms with van der Waals surface area (Å²) >= 11 is 0. The van der Waals surface area contributed by atoms with E-state index in [1.54, 1.807) is 6.07 Å². The molecule has 6 heteroatoms. The summed E-state index contributed by atoms with van der Waals surface area (Å²) < 4.78 is 23.8. The Kier molecular flexibility index (Phi) is 4.11. The third-order valence-corrected chi connectivity index (χ3v) is 2.78. The molecule has 0 aliphatic carbocycles. The molecule has 0 saturated carbocycles. The van der Waals surface area contributed by atoms with Gasteiger partial charge in [-0.25, -0.2) is 4.39 Å². The summed E-state index contributed by atoms with van der Waals surface area (Å²) in [6.07, 6.45) is 1.67. The molecule has 5 nitrogen and oxygen atoms in total. The highest BCUT2D eigenvalue weighted by molar-refractivity contribution is 5.55. The Morgan fingerprint density at radius 3 is 2.89 bits per heavy atom. The van der Waals surface area contributed by atoms with E-state index in [-0.39, 0.29) is 17.5 Å². The van der Waals surface area contributed by atoms with Crippen LogP contribution in [0.3, 0.4) is 0 Å². The van der Waals surface area contributed by atoms with Crippen LogP contribution < -0.4 is 10.5 Å². The van der Waals surface area contributed by atoms with Crippen LogP contribution in [0, 0.1) is 5.82 Å². The lowest BCUT2D eigenvalue weighted by molar-refractivity contribution is 0.406. The van der Waals surface area contributed by atoms with Crippen molar-refractivity contribution < 1.29 is 13.7 Å². The molecule has 19 heavy (non-hydrogen) atoms. The third-order valence-electron chi connectivity index (χ3n) is 2.78. The number of benzene rings is 1. The van der Waals surface area contributed by atoms with Crippen molar-refractivity contribution in [3.8, 4) is 17.2 Å². The quantitative estimate of drug-likeness (QED) is 0.899. The molecule has 1 heterocycles. The van der Waals surface area contributed by atoms with E-state index in [2.05, 4.69) is 10.1 Å². The Morgan fingerprint density at radius 2 is 2.26 bits per heavy atom. The van der Waals surface area contributed by atoms with Crippen molar-refractivity contribution in [1.29, 1.82) is 0 Å². The zero-order chi connectivity index (χ0) is 13.8. The van der Waals surface area contributed by atoms with Crippen LogP contribution in [-0.4, -0.2) is 17.3 Å². The van der Waals surface area contributed by atoms with Crippen molar-refractivity contribution >= 4 is 0 Å². The van der Waals surface area contributed by atoms with Crippen LogP contribution in [-0.2, 0) is 0 Å². The number of ether oxygens (including phenoxy) is 1. The van der Waals surface area contributed by atoms with Crippen LogP contribution in [0.25, 0.3) is 11.5 Å². The predicted molar refractivity (Wildman–Crippen MR) is 68.1 cm³/mol. The summed E-state index contributed by atoms with van der Waals surface area (Å²) in [5.74, 6) is 0.482. The number of nitrogens with zero attached hydrogens (tertiary/aromatic N) is 2. The van der Waals surface area contributed by atoms with Gasteiger partial charge in [0.25, 0.3) is 5.89 Å². The maximum Gasteiger partial charge on any atom is 0.260 e. The van der Waals surface area contributed by atoms with E-state index in [9.17, 15) is 4.39 Å². The molecule has 1 unspecified atom stereocenters. The Balaban J connectivity index is 2.27. The van der Waals surface area contributed by atoms with Gasteiger partial charge in [0.15, 0.2) is 5.82 Å². The fourth-order valence-corrected chi connectivity index (χ4v) is 1.73. The minimum atomic E-state index is -0.474. The highest BCUT2D eigenvalue weighted by atomic mass is 19.1. The Morgan fingerprint density at radius 1 is 1.47 bits per heavy atom. The van der Waals surface area contributed by atoms with Crippen molar-refractivity contribution in [2.24, 2.45) is 5.73 Å². The van der Waals surface area contributed by atoms with E-state index in [4.69, 9.17) is 15.0 Å². The first kappa shape index (κ1) is 13.5. The smallest absolute Gasteiger partial charge is 0.260 e. The molecule has 0 fully saturated rings. The molecule has 2 N–H and O–H groups in total. The fraction of sp³-hybridized carbons (Fsp3) is 0.385. The van der Waals surface area contributed by atoms with Crippen molar-refractivity contribution in [3.05, 3.63) is 29.8 Å². The van der Waals surface area contributed by atoms with Gasteiger partial charge in [-0.2, -0.15) is 4.98 Å². The van der Waals surface area contributed by atoms with Crippen molar-refractivity contribution in [2.45, 2.75) is 25.8 Å². The SMILES string of the molecule is CCCC(N)c1noc(-c2ccc(OC)cc2F)n1. The van der Waals surface area contributed by atoms with E-state index in [1.807, 2.05) is 6.92 Å². The van der Waals surface area contributed by atoms with Crippen molar-refractivity contribution in [2.75, 3.05) is 7.11 Å². The van der Waals surface area contributed by atoms with Gasteiger partial charge in [0, 0.05) is 6.07 Å². The second kappa shape index (κ2) is 5.79. The van der Waals surface area contributed by atoms with E-state index in [0.717, 1.165) is 12.8 Å². The van der Waals surface area contributed by atoms with E-state index in [0.29, 0.717) is 11.6 Å². The zero-order valence-electron chi connectivity index (χ0n) is 10.9. The standard InChI is InChI=1S/C13H16FN3O2/c1-3-4-11(15)12-16-13(19-17-12)9-6-5-8(18-2)7-10(9)14/h5-7,11H,3-4,15H2,1-2H3. The van der Waals surface area contributed by atoms with Crippen LogP contribution in [0.5, 0.6) is 5.75 Å². The summed E-state index contributed by atoms with van der Waals surface area (Å²) in [4.78, 5) is 4.13. The highest BCUT2D eigenvalue weighted by Gasteiger charge is 2.17. The third kappa shape index (κ3) is 2.90. The molecule has 2 aromatic rings. The number of aromatic nitrogens is 2. The van der Waals surface area contributed by atoms with Crippen LogP contribution in [0.1, 0.15) is 31.6 Å². The Bertz CT molecular complexity index is 557. The molecular formula is C13H16FN3O2. The van der Waals surface area contributed by atoms with Gasteiger partial charge < -0.3 is 15.0 Å². The molecule has 0 spiro atoms. The number of hydrogen-bond donors (Lipinski definition) is 1. The Hall–Kier alpha value is -1.95. The van der Waals surface area contributed by atoms with Gasteiger partial charge >= 0.3 is 0 Å². The lowest BCUT2D eigenvalue weighted by Crippen LogP contribution is -2.11.